The van der Waals surface area contributed by atoms with E-state index in [1.54, 1.807) is 6.08 Å². The molecule has 0 saturated carbocycles. The maximum Gasteiger partial charge on any atom is 0.320 e. The summed E-state index contributed by atoms with van der Waals surface area (Å²) in [6.07, 6.45) is 0.754. The second-order valence-electron chi connectivity index (χ2n) is 2.30. The van der Waals surface area contributed by atoms with Gasteiger partial charge in [-0.05, 0) is 0 Å². The molecule has 5 heteroatoms. The smallest absolute Gasteiger partial charge is 0.320 e. The fraction of sp³-hybridized carbons (Fsp3) is 0.625. The van der Waals surface area contributed by atoms with Gasteiger partial charge in [-0.15, -0.1) is 18.2 Å². The average molecular weight is 209 g/mol. The number of alkyl halides is 1. The molecule has 0 saturated heterocycles. The lowest BCUT2D eigenvalue weighted by molar-refractivity contribution is -0.144. The minimum atomic E-state index is -0.813. The van der Waals surface area contributed by atoms with Gasteiger partial charge in [0.1, 0.15) is 18.6 Å². The number of aliphatic hydroxyl groups is 1. The number of ether oxygens (including phenoxy) is 2. The number of esters is 1. The highest BCUT2D eigenvalue weighted by molar-refractivity contribution is 6.26. The van der Waals surface area contributed by atoms with Crippen molar-refractivity contribution >= 4 is 17.6 Å². The molecule has 0 bridgehead atoms. The summed E-state index contributed by atoms with van der Waals surface area (Å²) in [6, 6.07) is 0. The SMILES string of the molecule is C=CCOCC(O)COC(=O)CCl. The zero-order valence-corrected chi connectivity index (χ0v) is 8.00. The minimum Gasteiger partial charge on any atom is -0.462 e. The van der Waals surface area contributed by atoms with Gasteiger partial charge in [0.05, 0.1) is 13.2 Å². The van der Waals surface area contributed by atoms with Crippen LogP contribution in [0.5, 0.6) is 0 Å². The zero-order valence-electron chi connectivity index (χ0n) is 7.24. The van der Waals surface area contributed by atoms with Crippen molar-refractivity contribution in [2.45, 2.75) is 6.10 Å². The third-order valence-corrected chi connectivity index (χ3v) is 1.31. The predicted molar refractivity (Wildman–Crippen MR) is 48.7 cm³/mol. The van der Waals surface area contributed by atoms with Crippen LogP contribution in [0, 0.1) is 0 Å². The zero-order chi connectivity index (χ0) is 10.1. The Hall–Kier alpha value is -0.580. The predicted octanol–water partition coefficient (Wildman–Crippen LogP) is 0.332. The van der Waals surface area contributed by atoms with Crippen molar-refractivity contribution in [2.24, 2.45) is 0 Å². The summed E-state index contributed by atoms with van der Waals surface area (Å²) in [5.41, 5.74) is 0. The van der Waals surface area contributed by atoms with E-state index >= 15 is 0 Å². The second-order valence-corrected chi connectivity index (χ2v) is 2.56. The first kappa shape index (κ1) is 12.4. The maximum atomic E-state index is 10.5. The molecule has 0 fully saturated rings. The summed E-state index contributed by atoms with van der Waals surface area (Å²) >= 11 is 5.16. The van der Waals surface area contributed by atoms with Crippen LogP contribution in [0.3, 0.4) is 0 Å². The van der Waals surface area contributed by atoms with Crippen LogP contribution in [0.4, 0.5) is 0 Å². The van der Waals surface area contributed by atoms with Gasteiger partial charge in [0.15, 0.2) is 0 Å². The largest absolute Gasteiger partial charge is 0.462 e. The number of carbonyl (C=O) groups is 1. The molecule has 0 aromatic carbocycles. The molecule has 1 N–H and O–H groups in total. The van der Waals surface area contributed by atoms with Gasteiger partial charge in [0.2, 0.25) is 0 Å². The summed E-state index contributed by atoms with van der Waals surface area (Å²) in [5.74, 6) is -0.760. The van der Waals surface area contributed by atoms with Gasteiger partial charge < -0.3 is 14.6 Å². The molecule has 0 aliphatic heterocycles. The van der Waals surface area contributed by atoms with E-state index in [0.29, 0.717) is 6.61 Å². The van der Waals surface area contributed by atoms with E-state index < -0.39 is 12.1 Å². The highest BCUT2D eigenvalue weighted by atomic mass is 35.5. The first-order chi connectivity index (χ1) is 6.20. The van der Waals surface area contributed by atoms with E-state index in [9.17, 15) is 4.79 Å². The van der Waals surface area contributed by atoms with Crippen molar-refractivity contribution in [1.82, 2.24) is 0 Å². The Morgan fingerprint density at radius 3 is 2.85 bits per heavy atom. The van der Waals surface area contributed by atoms with E-state index in [0.717, 1.165) is 0 Å². The lowest BCUT2D eigenvalue weighted by atomic mass is 10.4. The number of rotatable bonds is 7. The molecule has 1 unspecified atom stereocenters. The highest BCUT2D eigenvalue weighted by Crippen LogP contribution is 1.90. The van der Waals surface area contributed by atoms with Crippen molar-refractivity contribution in [2.75, 3.05) is 25.7 Å². The first-order valence-corrected chi connectivity index (χ1v) is 4.32. The van der Waals surface area contributed by atoms with Crippen LogP contribution in [0.15, 0.2) is 12.7 Å². The van der Waals surface area contributed by atoms with Gasteiger partial charge in [-0.25, -0.2) is 0 Å². The number of halogens is 1. The van der Waals surface area contributed by atoms with Crippen LogP contribution in [0.25, 0.3) is 0 Å². The molecule has 0 aliphatic rings. The van der Waals surface area contributed by atoms with E-state index in [1.807, 2.05) is 0 Å². The van der Waals surface area contributed by atoms with Crippen LogP contribution in [-0.2, 0) is 14.3 Å². The lowest BCUT2D eigenvalue weighted by Gasteiger charge is -2.09. The fourth-order valence-corrected chi connectivity index (χ4v) is 0.640. The average Bonchev–Trinajstić information content (AvgIpc) is 2.14. The quantitative estimate of drug-likeness (QED) is 0.284. The summed E-state index contributed by atoms with van der Waals surface area (Å²) in [6.45, 7) is 3.82. The monoisotopic (exact) mass is 208 g/mol. The Morgan fingerprint density at radius 2 is 2.31 bits per heavy atom. The highest BCUT2D eigenvalue weighted by Gasteiger charge is 2.07. The van der Waals surface area contributed by atoms with Crippen molar-refractivity contribution in [1.29, 1.82) is 0 Å². The van der Waals surface area contributed by atoms with Crippen LogP contribution < -0.4 is 0 Å². The maximum absolute atomic E-state index is 10.5. The second kappa shape index (κ2) is 8.04. The van der Waals surface area contributed by atoms with Gasteiger partial charge >= 0.3 is 5.97 Å². The molecular formula is C8H13ClO4. The van der Waals surface area contributed by atoms with Gasteiger partial charge in [0, 0.05) is 0 Å². The van der Waals surface area contributed by atoms with E-state index in [4.69, 9.17) is 21.4 Å². The van der Waals surface area contributed by atoms with Crippen LogP contribution in [-0.4, -0.2) is 42.9 Å². The van der Waals surface area contributed by atoms with Crippen molar-refractivity contribution in [3.05, 3.63) is 12.7 Å². The molecule has 1 atom stereocenters. The Balaban J connectivity index is 3.34. The number of carbonyl (C=O) groups excluding carboxylic acids is 1. The van der Waals surface area contributed by atoms with Gasteiger partial charge in [-0.1, -0.05) is 6.08 Å². The molecule has 4 nitrogen and oxygen atoms in total. The molecule has 0 heterocycles. The Labute approximate surface area is 82.1 Å². The normalized spacial score (nSPS) is 12.2. The number of hydrogen-bond donors (Lipinski definition) is 1. The summed E-state index contributed by atoms with van der Waals surface area (Å²) in [7, 11) is 0. The molecule has 0 aliphatic carbocycles. The molecule has 0 spiro atoms. The first-order valence-electron chi connectivity index (χ1n) is 3.79. The third kappa shape index (κ3) is 7.77. The third-order valence-electron chi connectivity index (χ3n) is 1.09. The van der Waals surface area contributed by atoms with Gasteiger partial charge in [0.25, 0.3) is 0 Å². The molecule has 0 radical (unpaired) electrons. The molecule has 0 aromatic heterocycles. The molecule has 0 aromatic rings. The standard InChI is InChI=1S/C8H13ClO4/c1-2-3-12-5-7(10)6-13-8(11)4-9/h2,7,10H,1,3-6H2. The Kier molecular flexibility index (Phi) is 7.68. The topological polar surface area (TPSA) is 55.8 Å². The van der Waals surface area contributed by atoms with Crippen molar-refractivity contribution in [3.8, 4) is 0 Å². The van der Waals surface area contributed by atoms with Crippen LogP contribution in [0.2, 0.25) is 0 Å². The molecule has 13 heavy (non-hydrogen) atoms. The fourth-order valence-electron chi connectivity index (χ4n) is 0.563. The summed E-state index contributed by atoms with van der Waals surface area (Å²) < 4.78 is 9.48. The van der Waals surface area contributed by atoms with E-state index in [1.165, 1.54) is 0 Å². The van der Waals surface area contributed by atoms with Gasteiger partial charge in [-0.2, -0.15) is 0 Å². The van der Waals surface area contributed by atoms with Crippen molar-refractivity contribution in [3.63, 3.8) is 0 Å². The lowest BCUT2D eigenvalue weighted by Crippen LogP contribution is -2.24. The Morgan fingerprint density at radius 1 is 1.62 bits per heavy atom. The van der Waals surface area contributed by atoms with Crippen LogP contribution in [0.1, 0.15) is 0 Å². The summed E-state index contributed by atoms with van der Waals surface area (Å²) in [4.78, 5) is 10.5. The number of hydrogen-bond acceptors (Lipinski definition) is 4. The van der Waals surface area contributed by atoms with E-state index in [-0.39, 0.29) is 19.1 Å². The minimum absolute atomic E-state index is 0.0945. The van der Waals surface area contributed by atoms with Gasteiger partial charge in [-0.3, -0.25) is 4.79 Å². The number of aliphatic hydroxyl groups excluding tert-OH is 1. The van der Waals surface area contributed by atoms with E-state index in [2.05, 4.69) is 11.3 Å². The van der Waals surface area contributed by atoms with Crippen LogP contribution >= 0.6 is 11.6 Å². The molecule has 0 rings (SSSR count). The Bertz CT molecular complexity index is 160. The molecular weight excluding hydrogens is 196 g/mol. The molecule has 0 amide bonds. The molecule has 76 valence electrons. The summed E-state index contributed by atoms with van der Waals surface area (Å²) in [5, 5.41) is 9.14. The van der Waals surface area contributed by atoms with Crippen molar-refractivity contribution < 1.29 is 19.4 Å².